The Labute approximate surface area is 206 Å². The molecule has 0 atom stereocenters. The van der Waals surface area contributed by atoms with Gasteiger partial charge in [0.1, 0.15) is 5.75 Å². The Balaban J connectivity index is 0.00000385. The van der Waals surface area contributed by atoms with E-state index >= 15 is 0 Å². The summed E-state index contributed by atoms with van der Waals surface area (Å²) in [4.78, 5) is 31.4. The van der Waals surface area contributed by atoms with Gasteiger partial charge in [-0.25, -0.2) is 13.4 Å². The van der Waals surface area contributed by atoms with Gasteiger partial charge in [-0.05, 0) is 57.4 Å². The Kier molecular flexibility index (Phi) is 9.15. The molecule has 0 unspecified atom stereocenters. The van der Waals surface area contributed by atoms with Crippen molar-refractivity contribution in [1.29, 1.82) is 0 Å². The maximum absolute atomic E-state index is 13.1. The first-order chi connectivity index (χ1) is 15.1. The van der Waals surface area contributed by atoms with Crippen LogP contribution in [0.1, 0.15) is 6.42 Å². The first-order valence-electron chi connectivity index (χ1n) is 9.55. The van der Waals surface area contributed by atoms with Crippen LogP contribution in [0, 0.1) is 10.1 Å². The third-order valence-corrected chi connectivity index (χ3v) is 7.49. The molecule has 0 saturated carbocycles. The maximum Gasteiger partial charge on any atom is 0.270 e. The molecule has 3 aromatic rings. The van der Waals surface area contributed by atoms with Gasteiger partial charge >= 0.3 is 0 Å². The van der Waals surface area contributed by atoms with Crippen molar-refractivity contribution in [3.63, 3.8) is 0 Å². The highest BCUT2D eigenvalue weighted by atomic mass is 35.5. The molecule has 1 heterocycles. The van der Waals surface area contributed by atoms with E-state index in [1.165, 1.54) is 47.4 Å². The number of hydrogen-bond acceptors (Lipinski definition) is 8. The summed E-state index contributed by atoms with van der Waals surface area (Å²) in [5.41, 5.74) is 0.421. The number of carbonyl (C=O) groups is 1. The van der Waals surface area contributed by atoms with Gasteiger partial charge < -0.3 is 4.90 Å². The number of sulfone groups is 1. The Morgan fingerprint density at radius 3 is 2.42 bits per heavy atom. The molecule has 0 saturated heterocycles. The van der Waals surface area contributed by atoms with Gasteiger partial charge in [-0.2, -0.15) is 0 Å². The molecule has 0 aliphatic rings. The van der Waals surface area contributed by atoms with Crippen molar-refractivity contribution in [3.8, 4) is 0 Å². The Hall–Kier alpha value is -2.31. The lowest BCUT2D eigenvalue weighted by atomic mass is 10.3. The van der Waals surface area contributed by atoms with Crippen molar-refractivity contribution < 1.29 is 18.1 Å². The molecular formula is C20H22Cl2N4O5S2. The summed E-state index contributed by atoms with van der Waals surface area (Å²) in [6.45, 7) is 0.944. The highest BCUT2D eigenvalue weighted by molar-refractivity contribution is 7.92. The number of fused-ring (bicyclic) bond motifs is 1. The van der Waals surface area contributed by atoms with Crippen molar-refractivity contribution in [2.45, 2.75) is 11.3 Å². The average Bonchev–Trinajstić information content (AvgIpc) is 3.13. The van der Waals surface area contributed by atoms with E-state index in [4.69, 9.17) is 11.6 Å². The lowest BCUT2D eigenvalue weighted by Crippen LogP contribution is -2.37. The number of hydrogen-bond donors (Lipinski definition) is 0. The summed E-state index contributed by atoms with van der Waals surface area (Å²) in [6.07, 6.45) is 0.593. The molecular weight excluding hydrogens is 511 g/mol. The Morgan fingerprint density at radius 1 is 1.15 bits per heavy atom. The standard InChI is InChI=1S/C20H21ClN4O5S2.ClH/c1-23(2)10-3-11-24(19(26)13-32(29,30)16-7-4-14(21)5-8-16)20-22-17-9-6-15(25(27)28)12-18(17)31-20;/h4-9,12H,3,10-11,13H2,1-2H3;1H. The van der Waals surface area contributed by atoms with Gasteiger partial charge in [0, 0.05) is 23.7 Å². The minimum atomic E-state index is -3.89. The van der Waals surface area contributed by atoms with Gasteiger partial charge in [0.25, 0.3) is 5.69 Å². The van der Waals surface area contributed by atoms with Crippen LogP contribution in [0.2, 0.25) is 5.02 Å². The van der Waals surface area contributed by atoms with Crippen LogP contribution >= 0.6 is 35.3 Å². The molecule has 178 valence electrons. The van der Waals surface area contributed by atoms with E-state index in [9.17, 15) is 23.3 Å². The van der Waals surface area contributed by atoms with E-state index in [-0.39, 0.29) is 29.5 Å². The van der Waals surface area contributed by atoms with Crippen molar-refractivity contribution >= 4 is 72.1 Å². The number of non-ortho nitro benzene ring substituents is 1. The lowest BCUT2D eigenvalue weighted by molar-refractivity contribution is -0.384. The van der Waals surface area contributed by atoms with Gasteiger partial charge in [0.15, 0.2) is 15.0 Å². The molecule has 13 heteroatoms. The number of nitro benzene ring substituents is 1. The summed E-state index contributed by atoms with van der Waals surface area (Å²) in [7, 11) is -0.0978. The van der Waals surface area contributed by atoms with Gasteiger partial charge in [-0.3, -0.25) is 19.8 Å². The molecule has 0 N–H and O–H groups in total. The summed E-state index contributed by atoms with van der Waals surface area (Å²) >= 11 is 6.94. The van der Waals surface area contributed by atoms with Crippen LogP contribution < -0.4 is 4.90 Å². The van der Waals surface area contributed by atoms with E-state index in [0.717, 1.165) is 11.3 Å². The van der Waals surface area contributed by atoms with Crippen LogP contribution in [0.4, 0.5) is 10.8 Å². The molecule has 0 aliphatic heterocycles. The van der Waals surface area contributed by atoms with E-state index in [1.54, 1.807) is 0 Å². The largest absolute Gasteiger partial charge is 0.309 e. The van der Waals surface area contributed by atoms with E-state index < -0.39 is 26.4 Å². The average molecular weight is 533 g/mol. The summed E-state index contributed by atoms with van der Waals surface area (Å²) in [6, 6.07) is 9.87. The fourth-order valence-electron chi connectivity index (χ4n) is 2.97. The second kappa shape index (κ2) is 11.2. The highest BCUT2D eigenvalue weighted by Gasteiger charge is 2.26. The summed E-state index contributed by atoms with van der Waals surface area (Å²) in [5, 5.41) is 11.8. The smallest absolute Gasteiger partial charge is 0.270 e. The molecule has 9 nitrogen and oxygen atoms in total. The fourth-order valence-corrected chi connectivity index (χ4v) is 5.33. The van der Waals surface area contributed by atoms with Crippen molar-refractivity contribution in [2.24, 2.45) is 0 Å². The van der Waals surface area contributed by atoms with Gasteiger partial charge in [-0.15, -0.1) is 12.4 Å². The van der Waals surface area contributed by atoms with Crippen LogP contribution in [-0.4, -0.2) is 62.1 Å². The first kappa shape index (κ1) is 26.9. The van der Waals surface area contributed by atoms with Crippen LogP contribution in [0.5, 0.6) is 0 Å². The van der Waals surface area contributed by atoms with E-state index in [1.807, 2.05) is 19.0 Å². The van der Waals surface area contributed by atoms with Crippen LogP contribution in [0.3, 0.4) is 0 Å². The molecule has 0 aliphatic carbocycles. The molecule has 3 rings (SSSR count). The van der Waals surface area contributed by atoms with E-state index in [0.29, 0.717) is 33.3 Å². The Morgan fingerprint density at radius 2 is 1.82 bits per heavy atom. The number of thiazole rings is 1. The highest BCUT2D eigenvalue weighted by Crippen LogP contribution is 2.32. The third kappa shape index (κ3) is 6.84. The minimum absolute atomic E-state index is 0. The van der Waals surface area contributed by atoms with Crippen LogP contribution in [0.25, 0.3) is 10.2 Å². The number of nitro groups is 1. The third-order valence-electron chi connectivity index (χ3n) is 4.58. The van der Waals surface area contributed by atoms with Crippen molar-refractivity contribution in [1.82, 2.24) is 9.88 Å². The topological polar surface area (TPSA) is 114 Å². The number of aromatic nitrogens is 1. The second-order valence-electron chi connectivity index (χ2n) is 7.32. The minimum Gasteiger partial charge on any atom is -0.309 e. The predicted molar refractivity (Wildman–Crippen MR) is 133 cm³/mol. The number of amides is 1. The predicted octanol–water partition coefficient (Wildman–Crippen LogP) is 4.04. The normalized spacial score (nSPS) is 11.4. The van der Waals surface area contributed by atoms with Crippen molar-refractivity contribution in [3.05, 3.63) is 57.6 Å². The van der Waals surface area contributed by atoms with Crippen LogP contribution in [-0.2, 0) is 14.6 Å². The number of halogens is 2. The van der Waals surface area contributed by atoms with Gasteiger partial charge in [0.05, 0.1) is 20.0 Å². The zero-order valence-corrected chi connectivity index (χ0v) is 21.0. The number of nitrogens with zero attached hydrogens (tertiary/aromatic N) is 4. The number of benzene rings is 2. The fraction of sp³-hybridized carbons (Fsp3) is 0.300. The van der Waals surface area contributed by atoms with Gasteiger partial charge in [0.2, 0.25) is 5.91 Å². The van der Waals surface area contributed by atoms with E-state index in [2.05, 4.69) is 4.98 Å². The SMILES string of the molecule is CN(C)CCCN(C(=O)CS(=O)(=O)c1ccc(Cl)cc1)c1nc2ccc([N+](=O)[O-])cc2s1.Cl. The molecule has 0 spiro atoms. The maximum atomic E-state index is 13.1. The Bertz CT molecular complexity index is 1250. The molecule has 0 bridgehead atoms. The molecule has 1 amide bonds. The monoisotopic (exact) mass is 532 g/mol. The second-order valence-corrected chi connectivity index (χ2v) is 10.8. The quantitative estimate of drug-likeness (QED) is 0.301. The lowest BCUT2D eigenvalue weighted by Gasteiger charge is -2.21. The molecule has 0 fully saturated rings. The molecule has 0 radical (unpaired) electrons. The number of anilines is 1. The summed E-state index contributed by atoms with van der Waals surface area (Å²) in [5.74, 6) is -1.35. The zero-order valence-electron chi connectivity index (χ0n) is 17.8. The number of rotatable bonds is 9. The summed E-state index contributed by atoms with van der Waals surface area (Å²) < 4.78 is 26.1. The van der Waals surface area contributed by atoms with Gasteiger partial charge in [-0.1, -0.05) is 22.9 Å². The molecule has 1 aromatic heterocycles. The molecule has 2 aromatic carbocycles. The van der Waals surface area contributed by atoms with Crippen molar-refractivity contribution in [2.75, 3.05) is 37.8 Å². The zero-order chi connectivity index (χ0) is 23.5. The van der Waals surface area contributed by atoms with Crippen LogP contribution in [0.15, 0.2) is 47.4 Å². The number of carbonyl (C=O) groups excluding carboxylic acids is 1. The first-order valence-corrected chi connectivity index (χ1v) is 12.4. The molecule has 33 heavy (non-hydrogen) atoms.